The van der Waals surface area contributed by atoms with Gasteiger partial charge in [0.25, 0.3) is 0 Å². The molecule has 3 unspecified atom stereocenters. The molecule has 0 rings (SSSR count). The second kappa shape index (κ2) is 55.7. The van der Waals surface area contributed by atoms with E-state index in [9.17, 15) is 19.4 Å². The molecule has 0 spiro atoms. The summed E-state index contributed by atoms with van der Waals surface area (Å²) in [6.07, 6.45) is 71.7. The van der Waals surface area contributed by atoms with Crippen LogP contribution in [-0.4, -0.2) is 73.4 Å². The number of quaternary nitrogens is 1. The van der Waals surface area contributed by atoms with Crippen LogP contribution in [0.1, 0.15) is 328 Å². The Labute approximate surface area is 455 Å². The van der Waals surface area contributed by atoms with E-state index in [-0.39, 0.29) is 19.1 Å². The predicted octanol–water partition coefficient (Wildman–Crippen LogP) is 19.9. The molecule has 0 aliphatic carbocycles. The summed E-state index contributed by atoms with van der Waals surface area (Å²) in [4.78, 5) is 23.4. The van der Waals surface area contributed by atoms with Crippen molar-refractivity contribution in [1.82, 2.24) is 5.32 Å². The van der Waals surface area contributed by atoms with Gasteiger partial charge < -0.3 is 19.8 Å². The van der Waals surface area contributed by atoms with Gasteiger partial charge in [0.05, 0.1) is 39.9 Å². The normalized spacial score (nSPS) is 13.9. The Kier molecular flexibility index (Phi) is 54.9. The molecule has 0 saturated carbocycles. The number of rotatable bonds is 60. The molecule has 434 valence electrons. The number of amides is 1. The zero-order valence-corrected chi connectivity index (χ0v) is 50.5. The Bertz CT molecular complexity index is 1240. The maximum atomic E-state index is 13.0. The molecule has 0 radical (unpaired) electrons. The highest BCUT2D eigenvalue weighted by Crippen LogP contribution is 2.43. The molecule has 0 aromatic carbocycles. The lowest BCUT2D eigenvalue weighted by atomic mass is 10.0. The number of aliphatic hydroxyl groups is 1. The summed E-state index contributed by atoms with van der Waals surface area (Å²) >= 11 is 0. The highest BCUT2D eigenvalue weighted by atomic mass is 31.2. The van der Waals surface area contributed by atoms with Gasteiger partial charge in [-0.15, -0.1) is 0 Å². The Morgan fingerprint density at radius 2 is 0.753 bits per heavy atom. The van der Waals surface area contributed by atoms with Crippen LogP contribution >= 0.6 is 7.82 Å². The van der Waals surface area contributed by atoms with E-state index >= 15 is 0 Å². The van der Waals surface area contributed by atoms with Crippen molar-refractivity contribution in [3.63, 3.8) is 0 Å². The van der Waals surface area contributed by atoms with Crippen LogP contribution in [0.15, 0.2) is 24.3 Å². The Balaban J connectivity index is 4.14. The lowest BCUT2D eigenvalue weighted by molar-refractivity contribution is -0.870. The maximum absolute atomic E-state index is 13.0. The minimum Gasteiger partial charge on any atom is -0.387 e. The van der Waals surface area contributed by atoms with E-state index in [4.69, 9.17) is 9.05 Å². The Morgan fingerprint density at radius 1 is 0.452 bits per heavy atom. The minimum absolute atomic E-state index is 0.0590. The van der Waals surface area contributed by atoms with Crippen LogP contribution in [0.5, 0.6) is 0 Å². The molecule has 0 aromatic rings. The van der Waals surface area contributed by atoms with E-state index in [1.165, 1.54) is 270 Å². The number of nitrogens with zero attached hydrogens (tertiary/aromatic N) is 1. The van der Waals surface area contributed by atoms with E-state index < -0.39 is 20.0 Å². The lowest BCUT2D eigenvalue weighted by Crippen LogP contribution is -2.45. The van der Waals surface area contributed by atoms with Gasteiger partial charge in [-0.3, -0.25) is 13.8 Å². The molecule has 3 N–H and O–H groups in total. The third-order valence-corrected chi connectivity index (χ3v) is 15.9. The lowest BCUT2D eigenvalue weighted by Gasteiger charge is -2.25. The molecule has 1 amide bonds. The number of allylic oxidation sites excluding steroid dienone is 3. The highest BCUT2D eigenvalue weighted by molar-refractivity contribution is 7.47. The van der Waals surface area contributed by atoms with Gasteiger partial charge in [-0.25, -0.2) is 4.57 Å². The maximum Gasteiger partial charge on any atom is 0.472 e. The molecule has 0 fully saturated rings. The summed E-state index contributed by atoms with van der Waals surface area (Å²) in [5.41, 5.74) is 0. The molecule has 0 aliphatic rings. The number of hydrogen-bond donors (Lipinski definition) is 3. The summed E-state index contributed by atoms with van der Waals surface area (Å²) in [6.45, 7) is 4.86. The van der Waals surface area contributed by atoms with Crippen molar-refractivity contribution in [2.24, 2.45) is 0 Å². The summed E-state index contributed by atoms with van der Waals surface area (Å²) in [5.74, 6) is -0.179. The van der Waals surface area contributed by atoms with Gasteiger partial charge >= 0.3 is 7.82 Å². The number of unbranched alkanes of at least 4 members (excludes halogenated alkanes) is 45. The van der Waals surface area contributed by atoms with Crippen LogP contribution in [0, 0.1) is 0 Å². The van der Waals surface area contributed by atoms with Gasteiger partial charge in [-0.2, -0.15) is 0 Å². The molecule has 0 aromatic heterocycles. The van der Waals surface area contributed by atoms with Crippen molar-refractivity contribution in [3.05, 3.63) is 24.3 Å². The monoisotopic (exact) mass is 1050 g/mol. The number of nitrogens with one attached hydrogen (secondary N) is 1. The molecular weight excluding hydrogens is 924 g/mol. The van der Waals surface area contributed by atoms with Gasteiger partial charge in [0.15, 0.2) is 0 Å². The van der Waals surface area contributed by atoms with Gasteiger partial charge in [-0.05, 0) is 32.1 Å². The standard InChI is InChI=1S/C64H127N2O6P/c1-6-8-10-12-14-16-18-20-22-24-26-28-30-32-34-35-37-39-41-43-45-47-49-51-53-55-57-63(67)62(61-72-73(69,70)71-60-59-66(3,4)5)65-64(68)58-56-54-52-50-48-46-44-42-40-38-36-33-31-29-27-25-23-21-19-17-15-13-11-9-7-2/h47,49,55,57,62-63,67H,6-46,48,50-54,56,58-61H2,1-5H3,(H-,65,68,69,70)/p+1/b49-47+,57-55+. The third kappa shape index (κ3) is 58.5. The molecule has 0 bridgehead atoms. The van der Waals surface area contributed by atoms with Crippen molar-refractivity contribution in [2.45, 2.75) is 341 Å². The largest absolute Gasteiger partial charge is 0.472 e. The summed E-state index contributed by atoms with van der Waals surface area (Å²) < 4.78 is 23.8. The van der Waals surface area contributed by atoms with Gasteiger partial charge in [-0.1, -0.05) is 314 Å². The van der Waals surface area contributed by atoms with Crippen molar-refractivity contribution in [2.75, 3.05) is 40.9 Å². The zero-order chi connectivity index (χ0) is 53.5. The average Bonchev–Trinajstić information content (AvgIpc) is 3.35. The SMILES string of the molecule is CCCCCCCCCCCCCCCCCCCCCC/C=C/CC/C=C/C(O)C(COP(=O)(O)OCC[N+](C)(C)C)NC(=O)CCCCCCCCCCCCCCCCCCCCCCCCCCC. The Hall–Kier alpha value is -1.02. The fourth-order valence-corrected chi connectivity index (χ4v) is 10.6. The number of phosphoric ester groups is 1. The van der Waals surface area contributed by atoms with Gasteiger partial charge in [0.1, 0.15) is 13.2 Å². The van der Waals surface area contributed by atoms with Crippen LogP contribution in [0.25, 0.3) is 0 Å². The van der Waals surface area contributed by atoms with Crippen molar-refractivity contribution >= 4 is 13.7 Å². The minimum atomic E-state index is -4.36. The smallest absolute Gasteiger partial charge is 0.387 e. The number of aliphatic hydroxyl groups excluding tert-OH is 1. The number of hydrogen-bond acceptors (Lipinski definition) is 5. The predicted molar refractivity (Wildman–Crippen MR) is 318 cm³/mol. The third-order valence-electron chi connectivity index (χ3n) is 14.9. The molecule has 9 heteroatoms. The first-order chi connectivity index (χ1) is 35.5. The number of carbonyl (C=O) groups excluding carboxylic acids is 1. The average molecular weight is 1050 g/mol. The molecule has 0 aliphatic heterocycles. The number of carbonyl (C=O) groups is 1. The summed E-state index contributed by atoms with van der Waals surface area (Å²) in [7, 11) is 1.57. The fraction of sp³-hybridized carbons (Fsp3) is 0.922. The molecule has 3 atom stereocenters. The first-order valence-electron chi connectivity index (χ1n) is 32.2. The van der Waals surface area contributed by atoms with E-state index in [1.54, 1.807) is 6.08 Å². The first kappa shape index (κ1) is 72.0. The zero-order valence-electron chi connectivity index (χ0n) is 49.7. The second-order valence-electron chi connectivity index (χ2n) is 23.5. The van der Waals surface area contributed by atoms with Crippen LogP contribution < -0.4 is 5.32 Å². The van der Waals surface area contributed by atoms with E-state index in [0.717, 1.165) is 38.5 Å². The van der Waals surface area contributed by atoms with Gasteiger partial charge in [0.2, 0.25) is 5.91 Å². The van der Waals surface area contributed by atoms with Crippen LogP contribution in [-0.2, 0) is 18.4 Å². The number of likely N-dealkylation sites (N-methyl/N-ethyl adjacent to an activating group) is 1. The topological polar surface area (TPSA) is 105 Å². The van der Waals surface area contributed by atoms with E-state index in [2.05, 4.69) is 31.3 Å². The van der Waals surface area contributed by atoms with E-state index in [0.29, 0.717) is 17.4 Å². The number of phosphoric acid groups is 1. The Morgan fingerprint density at radius 3 is 1.10 bits per heavy atom. The van der Waals surface area contributed by atoms with Crippen LogP contribution in [0.4, 0.5) is 0 Å². The molecular formula is C64H128N2O6P+. The van der Waals surface area contributed by atoms with Crippen molar-refractivity contribution < 1.29 is 32.9 Å². The summed E-state index contributed by atoms with van der Waals surface area (Å²) in [5, 5.41) is 14.0. The highest BCUT2D eigenvalue weighted by Gasteiger charge is 2.27. The molecule has 8 nitrogen and oxygen atoms in total. The van der Waals surface area contributed by atoms with Gasteiger partial charge in [0, 0.05) is 6.42 Å². The quantitative estimate of drug-likeness (QED) is 0.0243. The molecule has 73 heavy (non-hydrogen) atoms. The fourth-order valence-electron chi connectivity index (χ4n) is 9.89. The van der Waals surface area contributed by atoms with E-state index in [1.807, 2.05) is 27.2 Å². The van der Waals surface area contributed by atoms with Crippen molar-refractivity contribution in [3.8, 4) is 0 Å². The molecule has 0 saturated heterocycles. The van der Waals surface area contributed by atoms with Crippen LogP contribution in [0.2, 0.25) is 0 Å². The summed E-state index contributed by atoms with van der Waals surface area (Å²) in [6, 6.07) is -0.861. The molecule has 0 heterocycles. The van der Waals surface area contributed by atoms with Crippen LogP contribution in [0.3, 0.4) is 0 Å². The second-order valence-corrected chi connectivity index (χ2v) is 24.9. The first-order valence-corrected chi connectivity index (χ1v) is 33.7. The van der Waals surface area contributed by atoms with Crippen molar-refractivity contribution in [1.29, 1.82) is 0 Å².